The van der Waals surface area contributed by atoms with Crippen LogP contribution in [0.4, 0.5) is 0 Å². The van der Waals surface area contributed by atoms with Gasteiger partial charge in [-0.15, -0.1) is 0 Å². The lowest BCUT2D eigenvalue weighted by Gasteiger charge is -2.43. The minimum Gasteiger partial charge on any atom is -0.309 e. The van der Waals surface area contributed by atoms with E-state index in [0.717, 1.165) is 6.04 Å². The molecular formula is C14H20N2. The standard InChI is InChI=1S/C14H20N2/c1-15-14(11-5-3-2-4-6-11)10-9-12-7-8-13(14)16-12/h2-6,12-13,15-16H,7-10H2,1H3. The van der Waals surface area contributed by atoms with Crippen LogP contribution >= 0.6 is 0 Å². The smallest absolute Gasteiger partial charge is 0.0588 e. The highest BCUT2D eigenvalue weighted by Gasteiger charge is 2.46. The number of hydrogen-bond acceptors (Lipinski definition) is 2. The third kappa shape index (κ3) is 1.40. The lowest BCUT2D eigenvalue weighted by molar-refractivity contribution is 0.200. The van der Waals surface area contributed by atoms with E-state index in [9.17, 15) is 0 Å². The molecule has 2 aliphatic rings. The van der Waals surface area contributed by atoms with Gasteiger partial charge in [0.05, 0.1) is 5.54 Å². The van der Waals surface area contributed by atoms with E-state index in [0.29, 0.717) is 6.04 Å². The maximum absolute atomic E-state index is 3.77. The van der Waals surface area contributed by atoms with Gasteiger partial charge in [-0.05, 0) is 38.3 Å². The molecule has 0 aromatic heterocycles. The van der Waals surface area contributed by atoms with Gasteiger partial charge in [0.2, 0.25) is 0 Å². The first kappa shape index (κ1) is 10.3. The molecule has 2 bridgehead atoms. The molecule has 3 unspecified atom stereocenters. The van der Waals surface area contributed by atoms with E-state index in [1.54, 1.807) is 0 Å². The largest absolute Gasteiger partial charge is 0.309 e. The Bertz CT molecular complexity index is 362. The maximum Gasteiger partial charge on any atom is 0.0588 e. The molecule has 1 aromatic carbocycles. The first-order valence-corrected chi connectivity index (χ1v) is 6.36. The summed E-state index contributed by atoms with van der Waals surface area (Å²) in [5.74, 6) is 0. The molecule has 3 rings (SSSR count). The average Bonchev–Trinajstić information content (AvgIpc) is 2.76. The van der Waals surface area contributed by atoms with Crippen LogP contribution in [0, 0.1) is 0 Å². The summed E-state index contributed by atoms with van der Waals surface area (Å²) in [6, 6.07) is 12.3. The predicted octanol–water partition coefficient (Wildman–Crippen LogP) is 2.02. The molecule has 2 aliphatic heterocycles. The fourth-order valence-corrected chi connectivity index (χ4v) is 3.54. The molecule has 0 radical (unpaired) electrons. The number of benzene rings is 1. The van der Waals surface area contributed by atoms with Gasteiger partial charge in [-0.2, -0.15) is 0 Å². The van der Waals surface area contributed by atoms with Gasteiger partial charge in [-0.1, -0.05) is 30.3 Å². The minimum atomic E-state index is 0.161. The molecule has 3 atom stereocenters. The molecule has 2 heteroatoms. The van der Waals surface area contributed by atoms with Crippen molar-refractivity contribution < 1.29 is 0 Å². The quantitative estimate of drug-likeness (QED) is 0.790. The molecule has 1 aromatic rings. The molecule has 0 saturated carbocycles. The summed E-state index contributed by atoms with van der Waals surface area (Å²) in [5, 5.41) is 7.37. The summed E-state index contributed by atoms with van der Waals surface area (Å²) in [7, 11) is 2.10. The second kappa shape index (κ2) is 3.86. The van der Waals surface area contributed by atoms with Crippen molar-refractivity contribution in [1.29, 1.82) is 0 Å². The molecule has 0 aliphatic carbocycles. The van der Waals surface area contributed by atoms with Gasteiger partial charge in [0.25, 0.3) is 0 Å². The number of fused-ring (bicyclic) bond motifs is 2. The Morgan fingerprint density at radius 2 is 2.00 bits per heavy atom. The van der Waals surface area contributed by atoms with Gasteiger partial charge in [0, 0.05) is 12.1 Å². The van der Waals surface area contributed by atoms with Gasteiger partial charge < -0.3 is 10.6 Å². The van der Waals surface area contributed by atoms with Crippen LogP contribution in [0.15, 0.2) is 30.3 Å². The lowest BCUT2D eigenvalue weighted by Crippen LogP contribution is -2.58. The SMILES string of the molecule is CNC1(c2ccccc2)CCC2CCC1N2. The average molecular weight is 216 g/mol. The molecule has 2 N–H and O–H groups in total. The van der Waals surface area contributed by atoms with Gasteiger partial charge >= 0.3 is 0 Å². The van der Waals surface area contributed by atoms with Crippen molar-refractivity contribution in [2.24, 2.45) is 0 Å². The van der Waals surface area contributed by atoms with E-state index in [1.165, 1.54) is 31.2 Å². The van der Waals surface area contributed by atoms with Crippen molar-refractivity contribution >= 4 is 0 Å². The molecule has 2 saturated heterocycles. The van der Waals surface area contributed by atoms with Crippen LogP contribution in [-0.2, 0) is 5.54 Å². The number of nitrogens with one attached hydrogen (secondary N) is 2. The monoisotopic (exact) mass is 216 g/mol. The molecule has 2 nitrogen and oxygen atoms in total. The van der Waals surface area contributed by atoms with Crippen LogP contribution in [0.25, 0.3) is 0 Å². The Morgan fingerprint density at radius 1 is 1.19 bits per heavy atom. The Labute approximate surface area is 97.4 Å². The van der Waals surface area contributed by atoms with E-state index in [2.05, 4.69) is 48.0 Å². The molecule has 86 valence electrons. The zero-order valence-corrected chi connectivity index (χ0v) is 9.87. The zero-order chi connectivity index (χ0) is 11.0. The summed E-state index contributed by atoms with van der Waals surface area (Å²) >= 11 is 0. The van der Waals surface area contributed by atoms with E-state index < -0.39 is 0 Å². The summed E-state index contributed by atoms with van der Waals surface area (Å²) in [6.45, 7) is 0. The molecule has 2 fully saturated rings. The van der Waals surface area contributed by atoms with Crippen molar-refractivity contribution in [2.75, 3.05) is 7.05 Å². The highest BCUT2D eigenvalue weighted by atomic mass is 15.1. The summed E-state index contributed by atoms with van der Waals surface area (Å²) < 4.78 is 0. The van der Waals surface area contributed by atoms with Crippen LogP contribution in [0.3, 0.4) is 0 Å². The van der Waals surface area contributed by atoms with Crippen LogP contribution in [-0.4, -0.2) is 19.1 Å². The van der Waals surface area contributed by atoms with E-state index in [1.807, 2.05) is 0 Å². The highest BCUT2D eigenvalue weighted by molar-refractivity contribution is 5.29. The number of hydrogen-bond donors (Lipinski definition) is 2. The van der Waals surface area contributed by atoms with Gasteiger partial charge in [-0.3, -0.25) is 0 Å². The molecular weight excluding hydrogens is 196 g/mol. The number of piperidine rings is 1. The summed E-state index contributed by atoms with van der Waals surface area (Å²) in [5.41, 5.74) is 1.60. The Kier molecular flexibility index (Phi) is 2.49. The van der Waals surface area contributed by atoms with Crippen LogP contribution in [0.5, 0.6) is 0 Å². The second-order valence-electron chi connectivity index (χ2n) is 5.12. The van der Waals surface area contributed by atoms with Crippen LogP contribution in [0.1, 0.15) is 31.2 Å². The normalized spacial score (nSPS) is 37.6. The Morgan fingerprint density at radius 3 is 2.75 bits per heavy atom. The third-order valence-electron chi connectivity index (χ3n) is 4.46. The van der Waals surface area contributed by atoms with E-state index >= 15 is 0 Å². The van der Waals surface area contributed by atoms with Crippen molar-refractivity contribution in [1.82, 2.24) is 10.6 Å². The second-order valence-corrected chi connectivity index (χ2v) is 5.12. The molecule has 16 heavy (non-hydrogen) atoms. The number of rotatable bonds is 2. The van der Waals surface area contributed by atoms with Gasteiger partial charge in [-0.25, -0.2) is 0 Å². The zero-order valence-electron chi connectivity index (χ0n) is 9.87. The van der Waals surface area contributed by atoms with Crippen LogP contribution < -0.4 is 10.6 Å². The van der Waals surface area contributed by atoms with Crippen LogP contribution in [0.2, 0.25) is 0 Å². The summed E-state index contributed by atoms with van der Waals surface area (Å²) in [6.07, 6.45) is 5.21. The van der Waals surface area contributed by atoms with E-state index in [-0.39, 0.29) is 5.54 Å². The minimum absolute atomic E-state index is 0.161. The predicted molar refractivity (Wildman–Crippen MR) is 66.4 cm³/mol. The topological polar surface area (TPSA) is 24.1 Å². The summed E-state index contributed by atoms with van der Waals surface area (Å²) in [4.78, 5) is 0. The molecule has 0 amide bonds. The Hall–Kier alpha value is -0.860. The lowest BCUT2D eigenvalue weighted by atomic mass is 9.77. The third-order valence-corrected chi connectivity index (χ3v) is 4.46. The fourth-order valence-electron chi connectivity index (χ4n) is 3.54. The fraction of sp³-hybridized carbons (Fsp3) is 0.571. The highest BCUT2D eigenvalue weighted by Crippen LogP contribution is 2.40. The first-order chi connectivity index (χ1) is 7.85. The molecule has 2 heterocycles. The molecule has 0 spiro atoms. The van der Waals surface area contributed by atoms with Gasteiger partial charge in [0.15, 0.2) is 0 Å². The van der Waals surface area contributed by atoms with Crippen molar-refractivity contribution in [3.05, 3.63) is 35.9 Å². The maximum atomic E-state index is 3.77. The van der Waals surface area contributed by atoms with Crippen molar-refractivity contribution in [2.45, 2.75) is 43.3 Å². The Balaban J connectivity index is 1.99. The van der Waals surface area contributed by atoms with Gasteiger partial charge in [0.1, 0.15) is 0 Å². The van der Waals surface area contributed by atoms with Crippen molar-refractivity contribution in [3.63, 3.8) is 0 Å². The first-order valence-electron chi connectivity index (χ1n) is 6.36. The van der Waals surface area contributed by atoms with Crippen molar-refractivity contribution in [3.8, 4) is 0 Å². The number of likely N-dealkylation sites (N-methyl/N-ethyl adjacent to an activating group) is 1. The van der Waals surface area contributed by atoms with E-state index in [4.69, 9.17) is 0 Å².